The molecule has 2 N–H and O–H groups in total. The molecule has 0 bridgehead atoms. The van der Waals surface area contributed by atoms with E-state index in [4.69, 9.17) is 5.73 Å². The van der Waals surface area contributed by atoms with Crippen LogP contribution in [0, 0.1) is 19.3 Å². The highest BCUT2D eigenvalue weighted by Crippen LogP contribution is 2.33. The number of hydrogen-bond acceptors (Lipinski definition) is 4. The number of rotatable bonds is 2. The zero-order valence-electron chi connectivity index (χ0n) is 12.0. The summed E-state index contributed by atoms with van der Waals surface area (Å²) in [4.78, 5) is 2.34. The van der Waals surface area contributed by atoms with Crippen molar-refractivity contribution in [3.8, 4) is 0 Å². The topological polar surface area (TPSA) is 55.0 Å². The number of hydrogen-bond donors (Lipinski definition) is 1. The minimum atomic E-state index is 0.451. The minimum Gasteiger partial charge on any atom is -0.355 e. The van der Waals surface area contributed by atoms with Crippen molar-refractivity contribution in [1.82, 2.24) is 10.2 Å². The van der Waals surface area contributed by atoms with Gasteiger partial charge in [0.2, 0.25) is 0 Å². The van der Waals surface area contributed by atoms with Crippen LogP contribution < -0.4 is 10.6 Å². The fourth-order valence-corrected chi connectivity index (χ4v) is 2.47. The molecule has 1 aliphatic heterocycles. The van der Waals surface area contributed by atoms with Crippen LogP contribution in [0.5, 0.6) is 0 Å². The number of nitrogens with two attached hydrogens (primary N) is 1. The van der Waals surface area contributed by atoms with Crippen molar-refractivity contribution in [3.05, 3.63) is 16.8 Å². The van der Waals surface area contributed by atoms with Crippen LogP contribution in [0.4, 0.5) is 5.82 Å². The van der Waals surface area contributed by atoms with E-state index in [1.54, 1.807) is 0 Å². The van der Waals surface area contributed by atoms with Crippen LogP contribution in [0.2, 0.25) is 0 Å². The fraction of sp³-hybridized carbons (Fsp3) is 0.714. The van der Waals surface area contributed by atoms with E-state index >= 15 is 0 Å². The number of nitrogens with zero attached hydrogens (tertiary/aromatic N) is 3. The van der Waals surface area contributed by atoms with Gasteiger partial charge in [-0.25, -0.2) is 0 Å². The van der Waals surface area contributed by atoms with Gasteiger partial charge in [-0.1, -0.05) is 13.8 Å². The van der Waals surface area contributed by atoms with Gasteiger partial charge in [-0.3, -0.25) is 0 Å². The molecular formula is C14H24N4. The second-order valence-corrected chi connectivity index (χ2v) is 6.07. The molecule has 1 aromatic rings. The molecule has 1 aromatic heterocycles. The Morgan fingerprint density at radius 3 is 2.33 bits per heavy atom. The van der Waals surface area contributed by atoms with Crippen molar-refractivity contribution in [2.45, 2.75) is 47.1 Å². The lowest BCUT2D eigenvalue weighted by Gasteiger charge is -2.38. The summed E-state index contributed by atoms with van der Waals surface area (Å²) in [5, 5.41) is 8.63. The first-order chi connectivity index (χ1) is 8.44. The summed E-state index contributed by atoms with van der Waals surface area (Å²) in [7, 11) is 0. The highest BCUT2D eigenvalue weighted by molar-refractivity contribution is 5.51. The van der Waals surface area contributed by atoms with Crippen LogP contribution in [-0.2, 0) is 6.54 Å². The van der Waals surface area contributed by atoms with E-state index in [1.165, 1.54) is 18.4 Å². The van der Waals surface area contributed by atoms with Crippen molar-refractivity contribution in [2.24, 2.45) is 11.1 Å². The lowest BCUT2D eigenvalue weighted by atomic mass is 9.82. The molecule has 2 rings (SSSR count). The molecule has 0 aliphatic carbocycles. The zero-order valence-corrected chi connectivity index (χ0v) is 12.0. The molecule has 100 valence electrons. The summed E-state index contributed by atoms with van der Waals surface area (Å²) < 4.78 is 0. The number of aromatic nitrogens is 2. The predicted molar refractivity (Wildman–Crippen MR) is 74.6 cm³/mol. The van der Waals surface area contributed by atoms with Gasteiger partial charge in [0, 0.05) is 25.2 Å². The molecule has 2 heterocycles. The predicted octanol–water partition coefficient (Wildman–Crippen LogP) is 2.18. The number of aryl methyl sites for hydroxylation is 1. The molecule has 1 fully saturated rings. The summed E-state index contributed by atoms with van der Waals surface area (Å²) >= 11 is 0. The van der Waals surface area contributed by atoms with Crippen molar-refractivity contribution in [3.63, 3.8) is 0 Å². The monoisotopic (exact) mass is 248 g/mol. The molecule has 1 saturated heterocycles. The Morgan fingerprint density at radius 2 is 1.78 bits per heavy atom. The van der Waals surface area contributed by atoms with Crippen LogP contribution in [0.25, 0.3) is 0 Å². The van der Waals surface area contributed by atoms with Crippen molar-refractivity contribution in [2.75, 3.05) is 18.0 Å². The van der Waals surface area contributed by atoms with Crippen molar-refractivity contribution < 1.29 is 0 Å². The molecule has 4 heteroatoms. The smallest absolute Gasteiger partial charge is 0.156 e. The first-order valence-electron chi connectivity index (χ1n) is 6.72. The first-order valence-corrected chi connectivity index (χ1v) is 6.72. The summed E-state index contributed by atoms with van der Waals surface area (Å²) in [5.74, 6) is 0.996. The molecule has 1 aliphatic rings. The van der Waals surface area contributed by atoms with Gasteiger partial charge in [0.15, 0.2) is 5.82 Å². The van der Waals surface area contributed by atoms with Gasteiger partial charge < -0.3 is 10.6 Å². The highest BCUT2D eigenvalue weighted by atomic mass is 15.3. The lowest BCUT2D eigenvalue weighted by molar-refractivity contribution is 0.278. The first kappa shape index (κ1) is 13.3. The molecule has 0 unspecified atom stereocenters. The molecule has 0 radical (unpaired) electrons. The quantitative estimate of drug-likeness (QED) is 0.871. The Hall–Kier alpha value is -1.16. The Labute approximate surface area is 110 Å². The van der Waals surface area contributed by atoms with E-state index in [0.717, 1.165) is 30.2 Å². The molecule has 4 nitrogen and oxygen atoms in total. The largest absolute Gasteiger partial charge is 0.355 e. The molecule has 0 spiro atoms. The van der Waals surface area contributed by atoms with Crippen molar-refractivity contribution >= 4 is 5.82 Å². The van der Waals surface area contributed by atoms with Gasteiger partial charge in [-0.2, -0.15) is 5.10 Å². The van der Waals surface area contributed by atoms with Crippen molar-refractivity contribution in [1.29, 1.82) is 0 Å². The average molecular weight is 248 g/mol. The van der Waals surface area contributed by atoms with Crippen LogP contribution in [0.15, 0.2) is 0 Å². The van der Waals surface area contributed by atoms with Gasteiger partial charge in [0.25, 0.3) is 0 Å². The van der Waals surface area contributed by atoms with E-state index in [0.29, 0.717) is 12.0 Å². The van der Waals surface area contributed by atoms with E-state index in [1.807, 2.05) is 6.92 Å². The third-order valence-electron chi connectivity index (χ3n) is 4.18. The van der Waals surface area contributed by atoms with Crippen LogP contribution in [-0.4, -0.2) is 23.3 Å². The molecule has 0 atom stereocenters. The summed E-state index contributed by atoms with van der Waals surface area (Å²) in [6.07, 6.45) is 2.40. The van der Waals surface area contributed by atoms with Gasteiger partial charge in [-0.15, -0.1) is 5.10 Å². The Morgan fingerprint density at radius 1 is 1.17 bits per heavy atom. The summed E-state index contributed by atoms with van der Waals surface area (Å²) in [6, 6.07) is 0. The van der Waals surface area contributed by atoms with Gasteiger partial charge >= 0.3 is 0 Å². The van der Waals surface area contributed by atoms with E-state index in [9.17, 15) is 0 Å². The van der Waals surface area contributed by atoms with Gasteiger partial charge in [0.05, 0.1) is 5.69 Å². The Kier molecular flexibility index (Phi) is 3.57. The minimum absolute atomic E-state index is 0.451. The second kappa shape index (κ2) is 4.84. The number of anilines is 1. The molecule has 0 aromatic carbocycles. The third-order valence-corrected chi connectivity index (χ3v) is 4.18. The summed E-state index contributed by atoms with van der Waals surface area (Å²) in [6.45, 7) is 11.4. The average Bonchev–Trinajstić information content (AvgIpc) is 2.33. The second-order valence-electron chi connectivity index (χ2n) is 6.07. The Balaban J connectivity index is 2.27. The van der Waals surface area contributed by atoms with E-state index in [-0.39, 0.29) is 0 Å². The number of piperidine rings is 1. The van der Waals surface area contributed by atoms with Crippen LogP contribution in [0.1, 0.15) is 43.5 Å². The van der Waals surface area contributed by atoms with Gasteiger partial charge in [-0.05, 0) is 37.7 Å². The molecule has 0 saturated carbocycles. The molecule has 18 heavy (non-hydrogen) atoms. The zero-order chi connectivity index (χ0) is 13.3. The molecule has 0 amide bonds. The van der Waals surface area contributed by atoms with E-state index in [2.05, 4.69) is 35.9 Å². The van der Waals surface area contributed by atoms with Crippen LogP contribution >= 0.6 is 0 Å². The van der Waals surface area contributed by atoms with Crippen LogP contribution in [0.3, 0.4) is 0 Å². The third kappa shape index (κ3) is 2.48. The lowest BCUT2D eigenvalue weighted by Crippen LogP contribution is -2.38. The normalized spacial score (nSPS) is 19.1. The van der Waals surface area contributed by atoms with E-state index < -0.39 is 0 Å². The maximum Gasteiger partial charge on any atom is 0.156 e. The maximum atomic E-state index is 5.89. The Bertz CT molecular complexity index is 430. The maximum absolute atomic E-state index is 5.89. The summed E-state index contributed by atoms with van der Waals surface area (Å²) in [5.41, 5.74) is 9.66. The SMILES string of the molecule is Cc1nnc(N2CCC(C)(C)CC2)c(CN)c1C. The fourth-order valence-electron chi connectivity index (χ4n) is 2.47. The molecular weight excluding hydrogens is 224 g/mol. The highest BCUT2D eigenvalue weighted by Gasteiger charge is 2.27. The van der Waals surface area contributed by atoms with Gasteiger partial charge in [0.1, 0.15) is 0 Å². The standard InChI is InChI=1S/C14H24N4/c1-10-11(2)16-17-13(12(10)9-15)18-7-5-14(3,4)6-8-18/h5-9,15H2,1-4H3.